The number of aryl methyl sites for hydroxylation is 1. The molecule has 0 unspecified atom stereocenters. The van der Waals surface area contributed by atoms with Gasteiger partial charge in [0.05, 0.1) is 22.8 Å². The van der Waals surface area contributed by atoms with Gasteiger partial charge in [-0.3, -0.25) is 5.32 Å². The van der Waals surface area contributed by atoms with Crippen LogP contribution in [0.15, 0.2) is 0 Å². The lowest BCUT2D eigenvalue weighted by Gasteiger charge is -2.14. The zero-order valence-electron chi connectivity index (χ0n) is 14.4. The average molecular weight is 349 g/mol. The van der Waals surface area contributed by atoms with Gasteiger partial charge in [0.25, 0.3) is 0 Å². The molecule has 8 nitrogen and oxygen atoms in total. The van der Waals surface area contributed by atoms with Crippen LogP contribution in [-0.2, 0) is 6.42 Å². The Morgan fingerprint density at radius 1 is 1.38 bits per heavy atom. The molecule has 3 rings (SSSR count). The zero-order chi connectivity index (χ0) is 17.3. The Kier molecular flexibility index (Phi) is 4.79. The predicted molar refractivity (Wildman–Crippen MR) is 92.1 cm³/mol. The van der Waals surface area contributed by atoms with E-state index in [-0.39, 0.29) is 12.1 Å². The number of nitrogens with one attached hydrogen (secondary N) is 2. The highest BCUT2D eigenvalue weighted by Crippen LogP contribution is 2.35. The standard InChI is InChI=1S/C15H23N7OS/c1-8(2)7-12-14(24-10(4)17-12)18-15(23)16-9(3)13-19-20-21-22(13)11-5-6-11/h8-9,11H,5-7H2,1-4H3,(H2,16,18,23)/t9-/m0/s1. The van der Waals surface area contributed by atoms with Crippen molar-refractivity contribution in [1.29, 1.82) is 0 Å². The Labute approximate surface area is 145 Å². The molecule has 2 aromatic heterocycles. The maximum atomic E-state index is 12.3. The molecule has 1 fully saturated rings. The van der Waals surface area contributed by atoms with Crippen molar-refractivity contribution in [2.24, 2.45) is 5.92 Å². The third kappa shape index (κ3) is 3.89. The minimum Gasteiger partial charge on any atom is -0.328 e. The van der Waals surface area contributed by atoms with Gasteiger partial charge in [0.2, 0.25) is 0 Å². The molecular weight excluding hydrogens is 326 g/mol. The number of hydrogen-bond acceptors (Lipinski definition) is 6. The van der Waals surface area contributed by atoms with E-state index in [1.54, 1.807) is 0 Å². The van der Waals surface area contributed by atoms with Gasteiger partial charge in [0, 0.05) is 0 Å². The number of thiazole rings is 1. The molecule has 1 saturated carbocycles. The number of hydrogen-bond donors (Lipinski definition) is 2. The number of rotatable bonds is 6. The molecule has 1 aliphatic carbocycles. The third-order valence-electron chi connectivity index (χ3n) is 3.78. The lowest BCUT2D eigenvalue weighted by molar-refractivity contribution is 0.248. The highest BCUT2D eigenvalue weighted by atomic mass is 32.1. The normalized spacial score (nSPS) is 15.5. The lowest BCUT2D eigenvalue weighted by atomic mass is 10.1. The number of nitrogens with zero attached hydrogens (tertiary/aromatic N) is 5. The summed E-state index contributed by atoms with van der Waals surface area (Å²) in [6, 6.07) is -0.145. The minimum atomic E-state index is -0.262. The molecule has 24 heavy (non-hydrogen) atoms. The molecule has 1 aliphatic rings. The molecule has 2 amide bonds. The molecule has 9 heteroatoms. The first-order chi connectivity index (χ1) is 11.4. The van der Waals surface area contributed by atoms with Crippen molar-refractivity contribution in [1.82, 2.24) is 30.5 Å². The van der Waals surface area contributed by atoms with E-state index in [4.69, 9.17) is 0 Å². The molecule has 0 bridgehead atoms. The number of urea groups is 1. The Bertz CT molecular complexity index is 719. The van der Waals surface area contributed by atoms with E-state index < -0.39 is 0 Å². The van der Waals surface area contributed by atoms with E-state index in [2.05, 4.69) is 45.0 Å². The van der Waals surface area contributed by atoms with Gasteiger partial charge in [0.1, 0.15) is 5.00 Å². The fraction of sp³-hybridized carbons (Fsp3) is 0.667. The highest BCUT2D eigenvalue weighted by Gasteiger charge is 2.30. The van der Waals surface area contributed by atoms with Crippen LogP contribution in [0.3, 0.4) is 0 Å². The molecular formula is C15H23N7OS. The van der Waals surface area contributed by atoms with E-state index in [9.17, 15) is 4.79 Å². The van der Waals surface area contributed by atoms with Crippen LogP contribution >= 0.6 is 11.3 Å². The molecule has 0 aliphatic heterocycles. The van der Waals surface area contributed by atoms with Crippen molar-refractivity contribution in [3.63, 3.8) is 0 Å². The summed E-state index contributed by atoms with van der Waals surface area (Å²) in [5.41, 5.74) is 0.943. The summed E-state index contributed by atoms with van der Waals surface area (Å²) in [4.78, 5) is 16.9. The second-order valence-electron chi connectivity index (χ2n) is 6.64. The Morgan fingerprint density at radius 2 is 2.12 bits per heavy atom. The number of tetrazole rings is 1. The van der Waals surface area contributed by atoms with E-state index in [0.29, 0.717) is 17.8 Å². The lowest BCUT2D eigenvalue weighted by Crippen LogP contribution is -2.32. The van der Waals surface area contributed by atoms with Gasteiger partial charge < -0.3 is 5.32 Å². The minimum absolute atomic E-state index is 0.261. The van der Waals surface area contributed by atoms with Crippen LogP contribution in [0.4, 0.5) is 9.80 Å². The molecule has 0 saturated heterocycles. The molecule has 2 N–H and O–H groups in total. The Morgan fingerprint density at radius 3 is 2.79 bits per heavy atom. The number of carbonyl (C=O) groups excluding carboxylic acids is 1. The van der Waals surface area contributed by atoms with E-state index in [0.717, 1.165) is 35.0 Å². The molecule has 0 aromatic carbocycles. The maximum absolute atomic E-state index is 12.3. The first-order valence-electron chi connectivity index (χ1n) is 8.25. The number of aromatic nitrogens is 5. The SMILES string of the molecule is Cc1nc(CC(C)C)c(NC(=O)N[C@@H](C)c2nnnn2C2CC2)s1. The molecule has 1 atom stereocenters. The fourth-order valence-corrected chi connectivity index (χ4v) is 3.40. The second-order valence-corrected chi connectivity index (χ2v) is 7.84. The van der Waals surface area contributed by atoms with Crippen LogP contribution in [0, 0.1) is 12.8 Å². The maximum Gasteiger partial charge on any atom is 0.320 e. The van der Waals surface area contributed by atoms with Crippen molar-refractivity contribution in [2.75, 3.05) is 5.32 Å². The van der Waals surface area contributed by atoms with Crippen LogP contribution in [0.2, 0.25) is 0 Å². The van der Waals surface area contributed by atoms with Crippen LogP contribution in [-0.4, -0.2) is 31.2 Å². The average Bonchev–Trinajstić information content (AvgIpc) is 3.11. The summed E-state index contributed by atoms with van der Waals surface area (Å²) >= 11 is 1.50. The van der Waals surface area contributed by atoms with Gasteiger partial charge in [-0.2, -0.15) is 0 Å². The molecule has 0 radical (unpaired) electrons. The molecule has 2 heterocycles. The number of amides is 2. The quantitative estimate of drug-likeness (QED) is 0.835. The van der Waals surface area contributed by atoms with Gasteiger partial charge in [-0.25, -0.2) is 14.5 Å². The summed E-state index contributed by atoms with van der Waals surface area (Å²) in [7, 11) is 0. The van der Waals surface area contributed by atoms with Gasteiger partial charge in [-0.1, -0.05) is 13.8 Å². The van der Waals surface area contributed by atoms with Gasteiger partial charge in [-0.15, -0.1) is 16.4 Å². The number of anilines is 1. The Hall–Kier alpha value is -2.03. The summed E-state index contributed by atoms with van der Waals surface area (Å²) in [5, 5.41) is 19.4. The summed E-state index contributed by atoms with van der Waals surface area (Å²) < 4.78 is 1.81. The monoisotopic (exact) mass is 349 g/mol. The van der Waals surface area contributed by atoms with Crippen LogP contribution in [0.1, 0.15) is 62.2 Å². The predicted octanol–water partition coefficient (Wildman–Crippen LogP) is 2.85. The largest absolute Gasteiger partial charge is 0.328 e. The first kappa shape index (κ1) is 16.8. The van der Waals surface area contributed by atoms with E-state index >= 15 is 0 Å². The van der Waals surface area contributed by atoms with Crippen molar-refractivity contribution in [3.8, 4) is 0 Å². The summed E-state index contributed by atoms with van der Waals surface area (Å²) in [5.74, 6) is 1.17. The molecule has 130 valence electrons. The van der Waals surface area contributed by atoms with E-state index in [1.165, 1.54) is 11.3 Å². The number of carbonyl (C=O) groups is 1. The highest BCUT2D eigenvalue weighted by molar-refractivity contribution is 7.16. The molecule has 2 aromatic rings. The summed E-state index contributed by atoms with van der Waals surface area (Å²) in [6.45, 7) is 8.11. The fourth-order valence-electron chi connectivity index (χ4n) is 2.56. The summed E-state index contributed by atoms with van der Waals surface area (Å²) in [6.07, 6.45) is 3.03. The van der Waals surface area contributed by atoms with Crippen LogP contribution in [0.25, 0.3) is 0 Å². The van der Waals surface area contributed by atoms with Crippen molar-refractivity contribution < 1.29 is 4.79 Å². The first-order valence-corrected chi connectivity index (χ1v) is 9.07. The molecule has 0 spiro atoms. The van der Waals surface area contributed by atoms with Gasteiger partial charge in [0.15, 0.2) is 5.82 Å². The van der Waals surface area contributed by atoms with Gasteiger partial charge >= 0.3 is 6.03 Å². The van der Waals surface area contributed by atoms with Crippen LogP contribution in [0.5, 0.6) is 0 Å². The van der Waals surface area contributed by atoms with E-state index in [1.807, 2.05) is 18.5 Å². The van der Waals surface area contributed by atoms with Crippen molar-refractivity contribution in [3.05, 3.63) is 16.5 Å². The smallest absolute Gasteiger partial charge is 0.320 e. The zero-order valence-corrected chi connectivity index (χ0v) is 15.2. The second kappa shape index (κ2) is 6.84. The third-order valence-corrected chi connectivity index (χ3v) is 4.71. The Balaban J connectivity index is 1.64. The van der Waals surface area contributed by atoms with Crippen molar-refractivity contribution in [2.45, 2.75) is 59.0 Å². The topological polar surface area (TPSA) is 97.6 Å². The van der Waals surface area contributed by atoms with Gasteiger partial charge in [-0.05, 0) is 49.5 Å². The van der Waals surface area contributed by atoms with Crippen molar-refractivity contribution >= 4 is 22.4 Å². The van der Waals surface area contributed by atoms with Crippen LogP contribution < -0.4 is 10.6 Å².